The summed E-state index contributed by atoms with van der Waals surface area (Å²) in [5.41, 5.74) is -0.462. The Labute approximate surface area is 79.4 Å². The molecule has 0 bridgehead atoms. The van der Waals surface area contributed by atoms with E-state index in [1.54, 1.807) is 0 Å². The summed E-state index contributed by atoms with van der Waals surface area (Å²) in [5.74, 6) is -0.923. The summed E-state index contributed by atoms with van der Waals surface area (Å²) >= 11 is 0. The fourth-order valence-corrected chi connectivity index (χ4v) is 1.23. The van der Waals surface area contributed by atoms with Crippen molar-refractivity contribution in [3.8, 4) is 0 Å². The Morgan fingerprint density at radius 2 is 2.15 bits per heavy atom. The number of carboxylic acid groups (broad SMARTS) is 1. The number of allylic oxidation sites excluding steroid dienone is 1. The molecule has 0 saturated carbocycles. The molecule has 3 nitrogen and oxygen atoms in total. The topological polar surface area (TPSA) is 46.5 Å². The zero-order chi connectivity index (χ0) is 10.5. The molecule has 0 aromatic heterocycles. The summed E-state index contributed by atoms with van der Waals surface area (Å²) in [6.07, 6.45) is 3.96. The maximum atomic E-state index is 10.8. The fourth-order valence-electron chi connectivity index (χ4n) is 1.23. The minimum absolute atomic E-state index is 0.462. The van der Waals surface area contributed by atoms with Gasteiger partial charge in [0.1, 0.15) is 0 Å². The van der Waals surface area contributed by atoms with E-state index >= 15 is 0 Å². The van der Waals surface area contributed by atoms with Crippen LogP contribution in [0.5, 0.6) is 0 Å². The zero-order valence-corrected chi connectivity index (χ0v) is 8.70. The zero-order valence-electron chi connectivity index (χ0n) is 8.70. The molecule has 3 heteroatoms. The van der Waals surface area contributed by atoms with Crippen molar-refractivity contribution >= 4 is 5.97 Å². The lowest BCUT2D eigenvalue weighted by Crippen LogP contribution is -2.36. The molecule has 1 unspecified atom stereocenters. The molecule has 76 valence electrons. The Balaban J connectivity index is 4.56. The van der Waals surface area contributed by atoms with E-state index in [2.05, 4.69) is 0 Å². The van der Waals surface area contributed by atoms with Gasteiger partial charge in [-0.15, -0.1) is 0 Å². The van der Waals surface area contributed by atoms with Gasteiger partial charge in [0.2, 0.25) is 0 Å². The Kier molecular flexibility index (Phi) is 4.70. The normalized spacial score (nSPS) is 14.8. The third kappa shape index (κ3) is 3.59. The van der Waals surface area contributed by atoms with Gasteiger partial charge < -0.3 is 9.84 Å². The van der Waals surface area contributed by atoms with E-state index in [1.807, 2.05) is 32.9 Å². The molecule has 0 aliphatic rings. The first-order valence-electron chi connectivity index (χ1n) is 4.39. The van der Waals surface area contributed by atoms with E-state index in [-0.39, 0.29) is 0 Å². The summed E-state index contributed by atoms with van der Waals surface area (Å²) in [6.45, 7) is 5.71. The number of hydrogen-bond donors (Lipinski definition) is 1. The van der Waals surface area contributed by atoms with Crippen molar-refractivity contribution in [1.29, 1.82) is 0 Å². The number of ether oxygens (including phenoxy) is 1. The van der Waals surface area contributed by atoms with Crippen LogP contribution in [0.15, 0.2) is 12.2 Å². The van der Waals surface area contributed by atoms with Gasteiger partial charge in [-0.1, -0.05) is 32.9 Å². The first-order chi connectivity index (χ1) is 5.95. The van der Waals surface area contributed by atoms with Gasteiger partial charge in [-0.3, -0.25) is 0 Å². The highest BCUT2D eigenvalue weighted by molar-refractivity contribution is 5.73. The van der Waals surface area contributed by atoms with Crippen LogP contribution < -0.4 is 0 Å². The molecule has 0 aromatic rings. The molecular weight excluding hydrogens is 168 g/mol. The maximum Gasteiger partial charge on any atom is 0.333 e. The van der Waals surface area contributed by atoms with E-state index in [0.717, 1.165) is 6.42 Å². The second-order valence-corrected chi connectivity index (χ2v) is 3.59. The van der Waals surface area contributed by atoms with Crippen LogP contribution in [0.4, 0.5) is 0 Å². The Morgan fingerprint density at radius 1 is 1.62 bits per heavy atom. The summed E-state index contributed by atoms with van der Waals surface area (Å²) in [5, 5.41) is 8.85. The van der Waals surface area contributed by atoms with Crippen molar-refractivity contribution in [2.45, 2.75) is 33.3 Å². The minimum atomic E-state index is -0.923. The Morgan fingerprint density at radius 3 is 2.46 bits per heavy atom. The molecule has 0 amide bonds. The Hall–Kier alpha value is -0.830. The van der Waals surface area contributed by atoms with Crippen LogP contribution in [0.2, 0.25) is 0 Å². The first-order valence-corrected chi connectivity index (χ1v) is 4.39. The summed E-state index contributed by atoms with van der Waals surface area (Å²) in [7, 11) is 1.42. The van der Waals surface area contributed by atoms with Crippen molar-refractivity contribution in [3.05, 3.63) is 12.2 Å². The molecule has 1 atom stereocenters. The molecule has 0 saturated heterocycles. The quantitative estimate of drug-likeness (QED) is 0.669. The monoisotopic (exact) mass is 186 g/mol. The highest BCUT2D eigenvalue weighted by Crippen LogP contribution is 2.25. The van der Waals surface area contributed by atoms with Crippen LogP contribution in [0.1, 0.15) is 27.2 Å². The molecule has 0 aliphatic heterocycles. The second-order valence-electron chi connectivity index (χ2n) is 3.59. The number of aliphatic carboxylic acids is 1. The predicted molar refractivity (Wildman–Crippen MR) is 51.6 cm³/mol. The average molecular weight is 186 g/mol. The van der Waals surface area contributed by atoms with Crippen LogP contribution >= 0.6 is 0 Å². The van der Waals surface area contributed by atoms with Crippen molar-refractivity contribution < 1.29 is 14.6 Å². The molecule has 0 fully saturated rings. The fraction of sp³-hybridized carbons (Fsp3) is 0.700. The summed E-state index contributed by atoms with van der Waals surface area (Å²) in [4.78, 5) is 10.8. The largest absolute Gasteiger partial charge is 0.479 e. The first kappa shape index (κ1) is 12.2. The van der Waals surface area contributed by atoms with Crippen molar-refractivity contribution in [2.75, 3.05) is 7.11 Å². The lowest BCUT2D eigenvalue weighted by Gasteiger charge is -2.26. The Bertz CT molecular complexity index is 194. The molecule has 0 aliphatic carbocycles. The van der Waals surface area contributed by atoms with Crippen molar-refractivity contribution in [3.63, 3.8) is 0 Å². The van der Waals surface area contributed by atoms with E-state index in [1.165, 1.54) is 7.11 Å². The average Bonchev–Trinajstić information content (AvgIpc) is 2.01. The lowest BCUT2D eigenvalue weighted by atomic mass is 9.86. The van der Waals surface area contributed by atoms with E-state index in [9.17, 15) is 4.79 Å². The van der Waals surface area contributed by atoms with Crippen molar-refractivity contribution in [2.24, 2.45) is 5.41 Å². The smallest absolute Gasteiger partial charge is 0.333 e. The van der Waals surface area contributed by atoms with E-state index < -0.39 is 17.5 Å². The summed E-state index contributed by atoms with van der Waals surface area (Å²) < 4.78 is 4.92. The molecule has 0 radical (unpaired) electrons. The van der Waals surface area contributed by atoms with Gasteiger partial charge in [-0.05, 0) is 6.42 Å². The number of carboxylic acids is 1. The molecule has 0 heterocycles. The van der Waals surface area contributed by atoms with Crippen LogP contribution in [-0.4, -0.2) is 24.3 Å². The van der Waals surface area contributed by atoms with Crippen LogP contribution in [0, 0.1) is 5.41 Å². The van der Waals surface area contributed by atoms with E-state index in [0.29, 0.717) is 0 Å². The van der Waals surface area contributed by atoms with Gasteiger partial charge in [0, 0.05) is 12.5 Å². The highest BCUT2D eigenvalue weighted by atomic mass is 16.5. The van der Waals surface area contributed by atoms with E-state index in [4.69, 9.17) is 9.84 Å². The standard InChI is InChI=1S/C10H18O3/c1-5-6-7-10(2,3)8(13-4)9(11)12/h6-8H,5H2,1-4H3,(H,11,12)/b7-6+. The van der Waals surface area contributed by atoms with Crippen LogP contribution in [-0.2, 0) is 9.53 Å². The van der Waals surface area contributed by atoms with Gasteiger partial charge in [-0.2, -0.15) is 0 Å². The third-order valence-corrected chi connectivity index (χ3v) is 1.92. The SMILES string of the molecule is CC/C=C/C(C)(C)C(OC)C(=O)O. The number of methoxy groups -OCH3 is 1. The minimum Gasteiger partial charge on any atom is -0.479 e. The number of rotatable bonds is 5. The number of carbonyl (C=O) groups is 1. The molecule has 13 heavy (non-hydrogen) atoms. The molecule has 0 rings (SSSR count). The molecule has 1 N–H and O–H groups in total. The van der Waals surface area contributed by atoms with Gasteiger partial charge in [0.05, 0.1) is 0 Å². The molecular formula is C10H18O3. The third-order valence-electron chi connectivity index (χ3n) is 1.92. The molecule has 0 spiro atoms. The molecule has 0 aromatic carbocycles. The maximum absolute atomic E-state index is 10.8. The van der Waals surface area contributed by atoms with Crippen molar-refractivity contribution in [1.82, 2.24) is 0 Å². The number of hydrogen-bond acceptors (Lipinski definition) is 2. The van der Waals surface area contributed by atoms with Gasteiger partial charge in [0.15, 0.2) is 6.10 Å². The predicted octanol–water partition coefficient (Wildman–Crippen LogP) is 2.08. The van der Waals surface area contributed by atoms with Crippen LogP contribution in [0.25, 0.3) is 0 Å². The second kappa shape index (κ2) is 5.02. The van der Waals surface area contributed by atoms with Gasteiger partial charge in [-0.25, -0.2) is 4.79 Å². The lowest BCUT2D eigenvalue weighted by molar-refractivity contribution is -0.153. The highest BCUT2D eigenvalue weighted by Gasteiger charge is 2.32. The summed E-state index contributed by atoms with van der Waals surface area (Å²) in [6, 6.07) is 0. The van der Waals surface area contributed by atoms with Gasteiger partial charge >= 0.3 is 5.97 Å². The van der Waals surface area contributed by atoms with Crippen LogP contribution in [0.3, 0.4) is 0 Å². The van der Waals surface area contributed by atoms with Gasteiger partial charge in [0.25, 0.3) is 0 Å².